The van der Waals surface area contributed by atoms with Crippen molar-refractivity contribution < 1.29 is 19.5 Å². The molecular weight excluding hydrogens is 366 g/mol. The van der Waals surface area contributed by atoms with Gasteiger partial charge in [-0.15, -0.1) is 11.8 Å². The van der Waals surface area contributed by atoms with Crippen LogP contribution in [0.4, 0.5) is 5.69 Å². The largest absolute Gasteiger partial charge is 0.478 e. The van der Waals surface area contributed by atoms with Crippen molar-refractivity contribution in [3.05, 3.63) is 58.9 Å². The Morgan fingerprint density at radius 2 is 2.04 bits per heavy atom. The van der Waals surface area contributed by atoms with E-state index in [4.69, 9.17) is 5.11 Å². The number of aromatic carboxylic acids is 1. The summed E-state index contributed by atoms with van der Waals surface area (Å²) in [6, 6.07) is 7.57. The zero-order valence-corrected chi connectivity index (χ0v) is 15.7. The van der Waals surface area contributed by atoms with Crippen molar-refractivity contribution in [1.82, 2.24) is 9.88 Å². The number of carboxylic acids is 1. The topological polar surface area (TPSA) is 99.6 Å². The molecule has 0 aliphatic carbocycles. The van der Waals surface area contributed by atoms with Crippen LogP contribution in [0.5, 0.6) is 0 Å². The second kappa shape index (κ2) is 7.79. The minimum absolute atomic E-state index is 0.0157. The third kappa shape index (κ3) is 3.95. The van der Waals surface area contributed by atoms with Crippen LogP contribution in [-0.2, 0) is 4.79 Å². The number of nitrogens with one attached hydrogen (secondary N) is 1. The minimum atomic E-state index is -1.13. The smallest absolute Gasteiger partial charge is 0.335 e. The van der Waals surface area contributed by atoms with Gasteiger partial charge in [0.15, 0.2) is 0 Å². The van der Waals surface area contributed by atoms with Crippen LogP contribution in [-0.4, -0.2) is 50.4 Å². The molecule has 1 saturated heterocycles. The zero-order valence-electron chi connectivity index (χ0n) is 14.9. The SMILES string of the molecule is Cc1cccc(NC(=O)C2CSCN2C(=O)c2cc(C(=O)O)ccn2)c1C. The fourth-order valence-electron chi connectivity index (χ4n) is 2.79. The fraction of sp³-hybridized carbons (Fsp3) is 0.263. The molecule has 1 unspecified atom stereocenters. The standard InChI is InChI=1S/C19H19N3O4S/c1-11-4-3-5-14(12(11)2)21-17(23)16-9-27-10-22(16)18(24)15-8-13(19(25)26)6-7-20-15/h3-8,16H,9-10H2,1-2H3,(H,21,23)(H,25,26). The van der Waals surface area contributed by atoms with Gasteiger partial charge in [-0.1, -0.05) is 12.1 Å². The van der Waals surface area contributed by atoms with Crippen molar-refractivity contribution in [3.8, 4) is 0 Å². The minimum Gasteiger partial charge on any atom is -0.478 e. The number of hydrogen-bond acceptors (Lipinski definition) is 5. The summed E-state index contributed by atoms with van der Waals surface area (Å²) >= 11 is 1.47. The first-order valence-electron chi connectivity index (χ1n) is 8.33. The summed E-state index contributed by atoms with van der Waals surface area (Å²) in [7, 11) is 0. The highest BCUT2D eigenvalue weighted by atomic mass is 32.2. The number of aryl methyl sites for hydroxylation is 1. The van der Waals surface area contributed by atoms with E-state index in [1.54, 1.807) is 0 Å². The van der Waals surface area contributed by atoms with E-state index >= 15 is 0 Å². The maximum atomic E-state index is 12.8. The van der Waals surface area contributed by atoms with Crippen molar-refractivity contribution in [3.63, 3.8) is 0 Å². The van der Waals surface area contributed by atoms with Crippen LogP contribution < -0.4 is 5.32 Å². The van der Waals surface area contributed by atoms with E-state index in [9.17, 15) is 14.4 Å². The van der Waals surface area contributed by atoms with E-state index in [0.717, 1.165) is 16.8 Å². The van der Waals surface area contributed by atoms with Crippen molar-refractivity contribution in [2.75, 3.05) is 16.9 Å². The number of rotatable bonds is 4. The van der Waals surface area contributed by atoms with Crippen LogP contribution in [0.3, 0.4) is 0 Å². The summed E-state index contributed by atoms with van der Waals surface area (Å²) in [5, 5.41) is 12.0. The molecule has 0 saturated carbocycles. The number of carbonyl (C=O) groups is 3. The molecule has 2 amide bonds. The Morgan fingerprint density at radius 1 is 1.26 bits per heavy atom. The lowest BCUT2D eigenvalue weighted by atomic mass is 10.1. The lowest BCUT2D eigenvalue weighted by Gasteiger charge is -2.23. The molecule has 0 bridgehead atoms. The highest BCUT2D eigenvalue weighted by Crippen LogP contribution is 2.25. The Kier molecular flexibility index (Phi) is 5.46. The second-order valence-electron chi connectivity index (χ2n) is 6.26. The van der Waals surface area contributed by atoms with Crippen LogP contribution in [0.1, 0.15) is 32.0 Å². The van der Waals surface area contributed by atoms with Gasteiger partial charge in [0.1, 0.15) is 11.7 Å². The monoisotopic (exact) mass is 385 g/mol. The molecule has 27 heavy (non-hydrogen) atoms. The van der Waals surface area contributed by atoms with E-state index < -0.39 is 17.9 Å². The highest BCUT2D eigenvalue weighted by molar-refractivity contribution is 7.99. The molecule has 140 valence electrons. The number of nitrogens with zero attached hydrogens (tertiary/aromatic N) is 2. The number of benzene rings is 1. The first kappa shape index (κ1) is 18.9. The van der Waals surface area contributed by atoms with Crippen LogP contribution in [0.25, 0.3) is 0 Å². The first-order chi connectivity index (χ1) is 12.9. The summed E-state index contributed by atoms with van der Waals surface area (Å²) in [6.45, 7) is 3.89. The molecule has 0 radical (unpaired) electrons. The number of pyridine rings is 1. The molecule has 0 spiro atoms. The second-order valence-corrected chi connectivity index (χ2v) is 7.26. The molecule has 1 aliphatic rings. The van der Waals surface area contributed by atoms with Gasteiger partial charge in [0, 0.05) is 17.6 Å². The normalized spacial score (nSPS) is 16.2. The van der Waals surface area contributed by atoms with E-state index in [1.165, 1.54) is 35.0 Å². The molecule has 3 rings (SSSR count). The van der Waals surface area contributed by atoms with Gasteiger partial charge in [-0.2, -0.15) is 0 Å². The molecule has 1 aromatic heterocycles. The van der Waals surface area contributed by atoms with Crippen LogP contribution in [0, 0.1) is 13.8 Å². The Bertz CT molecular complexity index is 916. The Balaban J connectivity index is 1.79. The maximum absolute atomic E-state index is 12.8. The average molecular weight is 385 g/mol. The zero-order chi connectivity index (χ0) is 19.6. The van der Waals surface area contributed by atoms with Crippen molar-refractivity contribution in [1.29, 1.82) is 0 Å². The van der Waals surface area contributed by atoms with Crippen LogP contribution in [0.15, 0.2) is 36.5 Å². The third-order valence-corrected chi connectivity index (χ3v) is 5.55. The summed E-state index contributed by atoms with van der Waals surface area (Å²) in [6.07, 6.45) is 1.28. The molecular formula is C19H19N3O4S. The number of hydrogen-bond donors (Lipinski definition) is 2. The van der Waals surface area contributed by atoms with E-state index in [0.29, 0.717) is 11.6 Å². The van der Waals surface area contributed by atoms with Crippen molar-refractivity contribution >= 4 is 35.2 Å². The number of amides is 2. The summed E-state index contributed by atoms with van der Waals surface area (Å²) in [5.74, 6) is -1.03. The predicted octanol–water partition coefficient (Wildman–Crippen LogP) is 2.55. The number of thioether (sulfide) groups is 1. The van der Waals surface area contributed by atoms with Crippen molar-refractivity contribution in [2.24, 2.45) is 0 Å². The van der Waals surface area contributed by atoms with Gasteiger partial charge in [0.2, 0.25) is 5.91 Å². The summed E-state index contributed by atoms with van der Waals surface area (Å²) < 4.78 is 0. The quantitative estimate of drug-likeness (QED) is 0.839. The lowest BCUT2D eigenvalue weighted by Crippen LogP contribution is -2.44. The lowest BCUT2D eigenvalue weighted by molar-refractivity contribution is -0.119. The van der Waals surface area contributed by atoms with Gasteiger partial charge in [-0.3, -0.25) is 14.6 Å². The van der Waals surface area contributed by atoms with E-state index in [2.05, 4.69) is 10.3 Å². The number of aromatic nitrogens is 1. The highest BCUT2D eigenvalue weighted by Gasteiger charge is 2.36. The Morgan fingerprint density at radius 3 is 2.78 bits per heavy atom. The number of carbonyl (C=O) groups excluding carboxylic acids is 2. The molecule has 1 aliphatic heterocycles. The molecule has 7 nitrogen and oxygen atoms in total. The third-order valence-electron chi connectivity index (χ3n) is 4.53. The molecule has 1 aromatic carbocycles. The number of carboxylic acid groups (broad SMARTS) is 1. The van der Waals surface area contributed by atoms with Gasteiger partial charge >= 0.3 is 5.97 Å². The van der Waals surface area contributed by atoms with Gasteiger partial charge in [-0.05, 0) is 43.2 Å². The molecule has 2 aromatic rings. The molecule has 2 heterocycles. The molecule has 1 atom stereocenters. The molecule has 8 heteroatoms. The van der Waals surface area contributed by atoms with Gasteiger partial charge in [0.25, 0.3) is 5.91 Å². The van der Waals surface area contributed by atoms with Gasteiger partial charge < -0.3 is 15.3 Å². The summed E-state index contributed by atoms with van der Waals surface area (Å²) in [5.41, 5.74) is 2.76. The average Bonchev–Trinajstić information content (AvgIpc) is 3.15. The molecule has 1 fully saturated rings. The Labute approximate surface area is 160 Å². The van der Waals surface area contributed by atoms with Gasteiger partial charge in [0.05, 0.1) is 11.4 Å². The molecule has 2 N–H and O–H groups in total. The Hall–Kier alpha value is -2.87. The fourth-order valence-corrected chi connectivity index (χ4v) is 3.94. The van der Waals surface area contributed by atoms with Crippen LogP contribution in [0.2, 0.25) is 0 Å². The van der Waals surface area contributed by atoms with E-state index in [1.807, 2.05) is 32.0 Å². The van der Waals surface area contributed by atoms with Gasteiger partial charge in [-0.25, -0.2) is 4.79 Å². The first-order valence-corrected chi connectivity index (χ1v) is 9.49. The summed E-state index contributed by atoms with van der Waals surface area (Å²) in [4.78, 5) is 42.1. The maximum Gasteiger partial charge on any atom is 0.335 e. The predicted molar refractivity (Wildman–Crippen MR) is 103 cm³/mol. The van der Waals surface area contributed by atoms with Crippen LogP contribution >= 0.6 is 11.8 Å². The van der Waals surface area contributed by atoms with E-state index in [-0.39, 0.29) is 17.2 Å². The number of anilines is 1. The van der Waals surface area contributed by atoms with Crippen molar-refractivity contribution in [2.45, 2.75) is 19.9 Å².